The Morgan fingerprint density at radius 3 is 2.64 bits per heavy atom. The topological polar surface area (TPSA) is 54.1 Å². The van der Waals surface area contributed by atoms with Crippen molar-refractivity contribution in [1.29, 1.82) is 0 Å². The van der Waals surface area contributed by atoms with E-state index in [9.17, 15) is 0 Å². The van der Waals surface area contributed by atoms with Crippen molar-refractivity contribution in [2.45, 2.75) is 19.9 Å². The van der Waals surface area contributed by atoms with Crippen LogP contribution in [0, 0.1) is 0 Å². The number of halogens is 1. The van der Waals surface area contributed by atoms with Crippen LogP contribution in [-0.4, -0.2) is 61.7 Å². The number of hydrogen-bond donors (Lipinski definition) is 1. The largest absolute Gasteiger partial charge is 0.378 e. The summed E-state index contributed by atoms with van der Waals surface area (Å²) in [5.74, 6) is 0.644. The summed E-state index contributed by atoms with van der Waals surface area (Å²) < 4.78 is 5.35. The number of hydrogen-bond acceptors (Lipinski definition) is 4. The zero-order valence-corrected chi connectivity index (χ0v) is 16.5. The molecule has 0 radical (unpaired) electrons. The van der Waals surface area contributed by atoms with Gasteiger partial charge in [0.1, 0.15) is 0 Å². The maximum absolute atomic E-state index is 6.14. The summed E-state index contributed by atoms with van der Waals surface area (Å²) in [6, 6.07) is 2.50. The van der Waals surface area contributed by atoms with Crippen molar-refractivity contribution < 1.29 is 4.74 Å². The predicted molar refractivity (Wildman–Crippen MR) is 104 cm³/mol. The second-order valence-electron chi connectivity index (χ2n) is 5.09. The molecule has 1 fully saturated rings. The van der Waals surface area contributed by atoms with Crippen molar-refractivity contribution in [2.75, 3.05) is 45.9 Å². The van der Waals surface area contributed by atoms with E-state index in [-0.39, 0.29) is 24.0 Å². The molecule has 126 valence electrons. The molecule has 1 aromatic rings. The molecule has 2 rings (SSSR count). The number of rotatable bonds is 6. The van der Waals surface area contributed by atoms with E-state index in [2.05, 4.69) is 45.5 Å². The average Bonchev–Trinajstić information content (AvgIpc) is 3.06. The van der Waals surface area contributed by atoms with Gasteiger partial charge in [0.05, 0.1) is 25.8 Å². The number of nitrogens with two attached hydrogens (primary N) is 1. The zero-order valence-electron chi connectivity index (χ0n) is 13.4. The van der Waals surface area contributed by atoms with E-state index in [0.717, 1.165) is 39.4 Å². The first kappa shape index (κ1) is 19.7. The van der Waals surface area contributed by atoms with Gasteiger partial charge in [-0.25, -0.2) is 0 Å². The first-order valence-electron chi connectivity index (χ1n) is 7.65. The molecule has 0 bridgehead atoms. The van der Waals surface area contributed by atoms with Crippen molar-refractivity contribution in [2.24, 2.45) is 10.7 Å². The Bertz CT molecular complexity index is 431. The van der Waals surface area contributed by atoms with Gasteiger partial charge in [-0.3, -0.25) is 9.89 Å². The minimum absolute atomic E-state index is 0. The fraction of sp³-hybridized carbons (Fsp3) is 0.667. The van der Waals surface area contributed by atoms with E-state index < -0.39 is 0 Å². The Hall–Kier alpha value is -0.380. The highest BCUT2D eigenvalue weighted by Gasteiger charge is 2.19. The van der Waals surface area contributed by atoms with Crippen LogP contribution < -0.4 is 5.73 Å². The molecule has 1 atom stereocenters. The summed E-state index contributed by atoms with van der Waals surface area (Å²) in [5, 5.41) is 4.34. The lowest BCUT2D eigenvalue weighted by atomic mass is 10.1. The quantitative estimate of drug-likeness (QED) is 0.421. The molecule has 2 heterocycles. The highest BCUT2D eigenvalue weighted by Crippen LogP contribution is 2.23. The average molecular weight is 438 g/mol. The summed E-state index contributed by atoms with van der Waals surface area (Å²) in [7, 11) is 0. The number of thiophene rings is 1. The molecule has 0 saturated carbocycles. The number of likely N-dealkylation sites (N-methyl/N-ethyl adjacent to an activating group) is 1. The number of aliphatic imine (C=N–C) groups is 1. The molecule has 0 aliphatic carbocycles. The van der Waals surface area contributed by atoms with Crippen LogP contribution in [0.15, 0.2) is 21.8 Å². The third-order valence-corrected chi connectivity index (χ3v) is 4.64. The Morgan fingerprint density at radius 2 is 2.09 bits per heavy atom. The van der Waals surface area contributed by atoms with Gasteiger partial charge in [0.2, 0.25) is 0 Å². The molecule has 1 aromatic heterocycles. The Balaban J connectivity index is 0.00000242. The molecular weight excluding hydrogens is 411 g/mol. The standard InChI is InChI=1S/C15H26N4OS.HI/c1-3-18(4-2)14(13-5-10-21-12-13)11-17-15(16)19-6-8-20-9-7-19;/h5,10,12,14H,3-4,6-9,11H2,1-2H3,(H2,16,17);1H. The van der Waals surface area contributed by atoms with Crippen molar-refractivity contribution in [3.63, 3.8) is 0 Å². The van der Waals surface area contributed by atoms with E-state index in [1.54, 1.807) is 11.3 Å². The lowest BCUT2D eigenvalue weighted by Gasteiger charge is -2.30. The van der Waals surface area contributed by atoms with Crippen LogP contribution in [0.2, 0.25) is 0 Å². The molecule has 0 amide bonds. The van der Waals surface area contributed by atoms with Gasteiger partial charge >= 0.3 is 0 Å². The van der Waals surface area contributed by atoms with Gasteiger partial charge in [-0.1, -0.05) is 13.8 Å². The van der Waals surface area contributed by atoms with Gasteiger partial charge < -0.3 is 15.4 Å². The Kier molecular flexibility index (Phi) is 9.30. The second kappa shape index (κ2) is 10.4. The van der Waals surface area contributed by atoms with Crippen LogP contribution in [0.25, 0.3) is 0 Å². The van der Waals surface area contributed by atoms with Crippen LogP contribution >= 0.6 is 35.3 Å². The molecule has 5 nitrogen and oxygen atoms in total. The fourth-order valence-electron chi connectivity index (χ4n) is 2.63. The van der Waals surface area contributed by atoms with E-state index in [1.807, 2.05) is 0 Å². The molecule has 1 saturated heterocycles. The van der Waals surface area contributed by atoms with E-state index in [4.69, 9.17) is 10.5 Å². The normalized spacial score (nSPS) is 17.4. The van der Waals surface area contributed by atoms with Crippen LogP contribution in [0.3, 0.4) is 0 Å². The molecule has 22 heavy (non-hydrogen) atoms. The van der Waals surface area contributed by atoms with Gasteiger partial charge in [0.15, 0.2) is 5.96 Å². The zero-order chi connectivity index (χ0) is 15.1. The van der Waals surface area contributed by atoms with Crippen LogP contribution in [0.5, 0.6) is 0 Å². The minimum atomic E-state index is 0. The molecule has 1 unspecified atom stereocenters. The van der Waals surface area contributed by atoms with Crippen LogP contribution in [0.1, 0.15) is 25.5 Å². The van der Waals surface area contributed by atoms with E-state index >= 15 is 0 Å². The lowest BCUT2D eigenvalue weighted by Crippen LogP contribution is -2.45. The van der Waals surface area contributed by atoms with E-state index in [0.29, 0.717) is 18.5 Å². The number of ether oxygens (including phenoxy) is 1. The molecule has 1 aliphatic rings. The fourth-order valence-corrected chi connectivity index (χ4v) is 3.34. The van der Waals surface area contributed by atoms with Crippen LogP contribution in [0.4, 0.5) is 0 Å². The number of morpholine rings is 1. The number of guanidine groups is 1. The van der Waals surface area contributed by atoms with Crippen molar-refractivity contribution in [1.82, 2.24) is 9.80 Å². The molecule has 2 N–H and O–H groups in total. The lowest BCUT2D eigenvalue weighted by molar-refractivity contribution is 0.0673. The van der Waals surface area contributed by atoms with Crippen LogP contribution in [-0.2, 0) is 4.74 Å². The smallest absolute Gasteiger partial charge is 0.191 e. The second-order valence-corrected chi connectivity index (χ2v) is 5.87. The van der Waals surface area contributed by atoms with Crippen molar-refractivity contribution >= 4 is 41.3 Å². The van der Waals surface area contributed by atoms with Gasteiger partial charge in [0.25, 0.3) is 0 Å². The monoisotopic (exact) mass is 438 g/mol. The first-order chi connectivity index (χ1) is 10.3. The van der Waals surface area contributed by atoms with Crippen molar-refractivity contribution in [3.05, 3.63) is 22.4 Å². The molecule has 1 aliphatic heterocycles. The first-order valence-corrected chi connectivity index (χ1v) is 8.59. The third-order valence-electron chi connectivity index (χ3n) is 3.94. The summed E-state index contributed by atoms with van der Waals surface area (Å²) in [5.41, 5.74) is 7.47. The van der Waals surface area contributed by atoms with Gasteiger partial charge in [-0.15, -0.1) is 24.0 Å². The molecule has 0 aromatic carbocycles. The molecular formula is C15H27IN4OS. The minimum Gasteiger partial charge on any atom is -0.378 e. The highest BCUT2D eigenvalue weighted by atomic mass is 127. The number of nitrogens with zero attached hydrogens (tertiary/aromatic N) is 3. The maximum atomic E-state index is 6.14. The highest BCUT2D eigenvalue weighted by molar-refractivity contribution is 14.0. The molecule has 7 heteroatoms. The summed E-state index contributed by atoms with van der Waals surface area (Å²) >= 11 is 1.74. The molecule has 0 spiro atoms. The Morgan fingerprint density at radius 1 is 1.41 bits per heavy atom. The third kappa shape index (κ3) is 5.36. The van der Waals surface area contributed by atoms with Gasteiger partial charge in [-0.2, -0.15) is 11.3 Å². The Labute approximate surface area is 154 Å². The maximum Gasteiger partial charge on any atom is 0.191 e. The summed E-state index contributed by atoms with van der Waals surface area (Å²) in [4.78, 5) is 9.18. The summed E-state index contributed by atoms with van der Waals surface area (Å²) in [6.07, 6.45) is 0. The van der Waals surface area contributed by atoms with Crippen molar-refractivity contribution in [3.8, 4) is 0 Å². The SMILES string of the molecule is CCN(CC)C(CN=C(N)N1CCOCC1)c1ccsc1.I. The van der Waals surface area contributed by atoms with Gasteiger partial charge in [0, 0.05) is 13.1 Å². The van der Waals surface area contributed by atoms with E-state index in [1.165, 1.54) is 5.56 Å². The summed E-state index contributed by atoms with van der Waals surface area (Å²) in [6.45, 7) is 10.3. The van der Waals surface area contributed by atoms with Gasteiger partial charge in [-0.05, 0) is 35.5 Å². The predicted octanol–water partition coefficient (Wildman–Crippen LogP) is 2.40.